The zero-order valence-electron chi connectivity index (χ0n) is 13.5. The van der Waals surface area contributed by atoms with E-state index in [1.54, 1.807) is 6.33 Å². The average molecular weight is 496 g/mol. The van der Waals surface area contributed by atoms with Crippen LogP contribution < -0.4 is 0 Å². The first-order chi connectivity index (χ1) is 11.1. The molecule has 123 valence electrons. The number of nitrogens with zero attached hydrogens (tertiary/aromatic N) is 4. The summed E-state index contributed by atoms with van der Waals surface area (Å²) in [7, 11) is 0. The number of aryl methyl sites for hydroxylation is 3. The molecule has 0 aliphatic rings. The Kier molecular flexibility index (Phi) is 4.35. The number of rotatable bonds is 2. The molecule has 1 radical (unpaired) electrons. The molecule has 0 aliphatic heterocycles. The maximum atomic E-state index is 5.52. The van der Waals surface area contributed by atoms with Gasteiger partial charge in [0.05, 0.1) is 17.1 Å². The molecular weight excluding hydrogens is 480 g/mol. The van der Waals surface area contributed by atoms with Crippen LogP contribution >= 0.6 is 0 Å². The molecule has 0 bridgehead atoms. The Morgan fingerprint density at radius 3 is 2.58 bits per heavy atom. The fraction of sp³-hybridized carbons (Fsp3) is 0.167. The van der Waals surface area contributed by atoms with Gasteiger partial charge in [-0.1, -0.05) is 23.3 Å². The summed E-state index contributed by atoms with van der Waals surface area (Å²) in [6.45, 7) is 6.26. The van der Waals surface area contributed by atoms with E-state index in [-0.39, 0.29) is 20.1 Å². The Bertz CT molecular complexity index is 996. The van der Waals surface area contributed by atoms with Crippen LogP contribution in [-0.4, -0.2) is 19.7 Å². The van der Waals surface area contributed by atoms with E-state index in [9.17, 15) is 0 Å². The van der Waals surface area contributed by atoms with Crippen molar-refractivity contribution in [3.63, 3.8) is 0 Å². The third-order valence-electron chi connectivity index (χ3n) is 3.91. The monoisotopic (exact) mass is 496 g/mol. The largest absolute Gasteiger partial charge is 0.490 e. The molecule has 0 saturated heterocycles. The summed E-state index contributed by atoms with van der Waals surface area (Å²) in [5.41, 5.74) is 6.78. The van der Waals surface area contributed by atoms with Crippen molar-refractivity contribution >= 4 is 11.1 Å². The number of oxazole rings is 1. The van der Waals surface area contributed by atoms with Crippen LogP contribution in [0.1, 0.15) is 16.7 Å². The van der Waals surface area contributed by atoms with Gasteiger partial charge in [-0.25, -0.2) is 4.98 Å². The summed E-state index contributed by atoms with van der Waals surface area (Å²) < 4.78 is 7.36. The maximum Gasteiger partial charge on any atom is 0.169 e. The van der Waals surface area contributed by atoms with Gasteiger partial charge in [0.2, 0.25) is 0 Å². The first-order valence-electron chi connectivity index (χ1n) is 7.37. The van der Waals surface area contributed by atoms with E-state index in [0.717, 1.165) is 27.9 Å². The Morgan fingerprint density at radius 1 is 1.08 bits per heavy atom. The first kappa shape index (κ1) is 16.6. The Labute approximate surface area is 153 Å². The third kappa shape index (κ3) is 2.58. The van der Waals surface area contributed by atoms with Crippen LogP contribution in [0.2, 0.25) is 0 Å². The van der Waals surface area contributed by atoms with Gasteiger partial charge in [0.25, 0.3) is 0 Å². The maximum absolute atomic E-state index is 5.52. The number of fused-ring (bicyclic) bond motifs is 1. The number of hydrogen-bond donors (Lipinski definition) is 0. The summed E-state index contributed by atoms with van der Waals surface area (Å²) in [4.78, 5) is 8.62. The van der Waals surface area contributed by atoms with E-state index >= 15 is 0 Å². The zero-order valence-corrected chi connectivity index (χ0v) is 15.9. The molecule has 2 heterocycles. The van der Waals surface area contributed by atoms with E-state index in [4.69, 9.17) is 4.42 Å². The molecule has 5 nitrogen and oxygen atoms in total. The van der Waals surface area contributed by atoms with Crippen molar-refractivity contribution in [3.05, 3.63) is 59.7 Å². The number of benzene rings is 2. The van der Waals surface area contributed by atoms with E-state index in [1.807, 2.05) is 16.8 Å². The molecule has 24 heavy (non-hydrogen) atoms. The molecule has 2 aromatic carbocycles. The normalized spacial score (nSPS) is 10.8. The Hall–Kier alpha value is -2.30. The Morgan fingerprint density at radius 2 is 1.83 bits per heavy atom. The first-order valence-corrected chi connectivity index (χ1v) is 7.37. The van der Waals surface area contributed by atoms with E-state index < -0.39 is 0 Å². The fourth-order valence-electron chi connectivity index (χ4n) is 3.08. The zero-order chi connectivity index (χ0) is 16.0. The van der Waals surface area contributed by atoms with Gasteiger partial charge in [0.1, 0.15) is 6.33 Å². The molecule has 4 rings (SSSR count). The molecule has 0 spiro atoms. The SMILES string of the molecule is Cc1cc(C)c(-n2ncnc2-c2[c-]ccc3ncoc23)c(C)c1.[Ir]. The summed E-state index contributed by atoms with van der Waals surface area (Å²) in [5.74, 6) is 0.697. The standard InChI is InChI=1S/C18H15N4O.Ir/c1-11-7-12(2)16(13(3)8-11)22-18(19-9-21-22)14-5-4-6-15-17(14)23-10-20-15;/h4,6-10H,1-3H3;/q-1;. The van der Waals surface area contributed by atoms with Gasteiger partial charge in [-0.05, 0) is 31.9 Å². The second kappa shape index (κ2) is 6.30. The second-order valence-corrected chi connectivity index (χ2v) is 5.66. The molecule has 6 heteroatoms. The van der Waals surface area contributed by atoms with Crippen LogP contribution in [0.15, 0.2) is 41.4 Å². The summed E-state index contributed by atoms with van der Waals surface area (Å²) in [6, 6.07) is 11.2. The molecular formula is C18H15IrN4O-. The van der Waals surface area contributed by atoms with Gasteiger partial charge >= 0.3 is 0 Å². The smallest absolute Gasteiger partial charge is 0.169 e. The van der Waals surface area contributed by atoms with Crippen LogP contribution in [0.4, 0.5) is 0 Å². The predicted molar refractivity (Wildman–Crippen MR) is 87.4 cm³/mol. The van der Waals surface area contributed by atoms with Gasteiger partial charge < -0.3 is 4.42 Å². The van der Waals surface area contributed by atoms with Crippen molar-refractivity contribution in [2.24, 2.45) is 0 Å². The molecule has 0 fully saturated rings. The van der Waals surface area contributed by atoms with Gasteiger partial charge in [0, 0.05) is 25.6 Å². The van der Waals surface area contributed by atoms with Gasteiger partial charge in [-0.2, -0.15) is 5.10 Å². The van der Waals surface area contributed by atoms with Crippen molar-refractivity contribution in [3.8, 4) is 17.1 Å². The fourth-order valence-corrected chi connectivity index (χ4v) is 3.08. The molecule has 0 amide bonds. The van der Waals surface area contributed by atoms with E-state index in [0.29, 0.717) is 11.4 Å². The molecule has 0 saturated carbocycles. The van der Waals surface area contributed by atoms with Crippen molar-refractivity contribution < 1.29 is 24.5 Å². The average Bonchev–Trinajstić information content (AvgIpc) is 3.14. The minimum atomic E-state index is 0. The Balaban J connectivity index is 0.00000169. The van der Waals surface area contributed by atoms with Crippen molar-refractivity contribution in [2.45, 2.75) is 20.8 Å². The molecule has 0 aliphatic carbocycles. The van der Waals surface area contributed by atoms with Crippen LogP contribution in [0, 0.1) is 26.8 Å². The third-order valence-corrected chi connectivity index (χ3v) is 3.91. The minimum absolute atomic E-state index is 0. The second-order valence-electron chi connectivity index (χ2n) is 5.66. The van der Waals surface area contributed by atoms with Crippen molar-refractivity contribution in [1.82, 2.24) is 19.7 Å². The number of hydrogen-bond acceptors (Lipinski definition) is 4. The topological polar surface area (TPSA) is 56.7 Å². The van der Waals surface area contributed by atoms with Gasteiger partial charge in [0.15, 0.2) is 6.39 Å². The predicted octanol–water partition coefficient (Wildman–Crippen LogP) is 3.80. The van der Waals surface area contributed by atoms with Gasteiger partial charge in [-0.15, -0.1) is 18.2 Å². The van der Waals surface area contributed by atoms with E-state index in [2.05, 4.69) is 54.0 Å². The van der Waals surface area contributed by atoms with Crippen LogP contribution in [-0.2, 0) is 20.1 Å². The quantitative estimate of drug-likeness (QED) is 0.397. The van der Waals surface area contributed by atoms with Crippen molar-refractivity contribution in [2.75, 3.05) is 0 Å². The molecule has 0 N–H and O–H groups in total. The molecule has 0 unspecified atom stereocenters. The minimum Gasteiger partial charge on any atom is -0.490 e. The van der Waals surface area contributed by atoms with Crippen LogP contribution in [0.5, 0.6) is 0 Å². The van der Waals surface area contributed by atoms with Crippen LogP contribution in [0.25, 0.3) is 28.2 Å². The summed E-state index contributed by atoms with van der Waals surface area (Å²) in [6.07, 6.45) is 2.99. The summed E-state index contributed by atoms with van der Waals surface area (Å²) >= 11 is 0. The number of aromatic nitrogens is 4. The van der Waals surface area contributed by atoms with E-state index in [1.165, 1.54) is 12.0 Å². The van der Waals surface area contributed by atoms with Crippen molar-refractivity contribution in [1.29, 1.82) is 0 Å². The van der Waals surface area contributed by atoms with Gasteiger partial charge in [-0.3, -0.25) is 9.67 Å². The molecule has 0 atom stereocenters. The molecule has 2 aromatic heterocycles. The van der Waals surface area contributed by atoms with Crippen LogP contribution in [0.3, 0.4) is 0 Å². The molecule has 4 aromatic rings. The summed E-state index contributed by atoms with van der Waals surface area (Å²) in [5, 5.41) is 4.43.